The summed E-state index contributed by atoms with van der Waals surface area (Å²) in [5.41, 5.74) is -0.798. The molecule has 108 valence electrons. The Bertz CT molecular complexity index is 397. The number of hydrogen-bond acceptors (Lipinski definition) is 5. The maximum atomic E-state index is 12.2. The van der Waals surface area contributed by atoms with Crippen molar-refractivity contribution in [1.82, 2.24) is 10.1 Å². The van der Waals surface area contributed by atoms with E-state index in [1.165, 1.54) is 0 Å². The number of nitrogens with zero attached hydrogens (tertiary/aromatic N) is 2. The van der Waals surface area contributed by atoms with Crippen LogP contribution in [0.3, 0.4) is 0 Å². The summed E-state index contributed by atoms with van der Waals surface area (Å²) in [6, 6.07) is 0. The number of hydrogen-bond donors (Lipinski definition) is 0. The first kappa shape index (κ1) is 15.7. The molecule has 5 nitrogen and oxygen atoms in total. The lowest BCUT2D eigenvalue weighted by atomic mass is 9.82. The van der Waals surface area contributed by atoms with Crippen molar-refractivity contribution in [3.05, 3.63) is 11.7 Å². The molecule has 1 aromatic heterocycles. The van der Waals surface area contributed by atoms with Crippen molar-refractivity contribution >= 4 is 5.97 Å². The summed E-state index contributed by atoms with van der Waals surface area (Å²) in [5.74, 6) is 0.792. The van der Waals surface area contributed by atoms with Crippen molar-refractivity contribution in [2.45, 2.75) is 65.2 Å². The molecule has 0 N–H and O–H groups in total. The van der Waals surface area contributed by atoms with Gasteiger partial charge in [-0.1, -0.05) is 32.3 Å². The largest absolute Gasteiger partial charge is 0.465 e. The van der Waals surface area contributed by atoms with Crippen molar-refractivity contribution in [3.8, 4) is 0 Å². The number of aryl methyl sites for hydroxylation is 1. The smallest absolute Gasteiger partial charge is 0.321 e. The quantitative estimate of drug-likeness (QED) is 0.678. The van der Waals surface area contributed by atoms with E-state index in [0.29, 0.717) is 31.2 Å². The number of carbonyl (C=O) groups excluding carboxylic acids is 1. The highest BCUT2D eigenvalue weighted by molar-refractivity contribution is 5.81. The zero-order chi connectivity index (χ0) is 14.3. The standard InChI is InChI=1S/C14H24N2O3/c1-5-9-10-11-15-12(19-16-11)14(6-2,7-3)13(17)18-8-4/h5-10H2,1-4H3. The Morgan fingerprint density at radius 3 is 2.47 bits per heavy atom. The highest BCUT2D eigenvalue weighted by Gasteiger charge is 2.43. The Kier molecular flexibility index (Phi) is 5.99. The van der Waals surface area contributed by atoms with Crippen molar-refractivity contribution in [3.63, 3.8) is 0 Å². The normalized spacial score (nSPS) is 11.6. The summed E-state index contributed by atoms with van der Waals surface area (Å²) in [4.78, 5) is 16.6. The van der Waals surface area contributed by atoms with Gasteiger partial charge in [0, 0.05) is 6.42 Å². The predicted octanol–water partition coefficient (Wildman–Crippen LogP) is 3.03. The van der Waals surface area contributed by atoms with Gasteiger partial charge >= 0.3 is 5.97 Å². The lowest BCUT2D eigenvalue weighted by Gasteiger charge is -2.24. The van der Waals surface area contributed by atoms with Crippen LogP contribution in [0.15, 0.2) is 4.52 Å². The summed E-state index contributed by atoms with van der Waals surface area (Å²) >= 11 is 0. The first-order valence-corrected chi connectivity index (χ1v) is 7.14. The Morgan fingerprint density at radius 2 is 1.95 bits per heavy atom. The van der Waals surface area contributed by atoms with Gasteiger partial charge in [0.15, 0.2) is 5.82 Å². The summed E-state index contributed by atoms with van der Waals surface area (Å²) < 4.78 is 10.5. The van der Waals surface area contributed by atoms with E-state index in [-0.39, 0.29) is 5.97 Å². The second-order valence-corrected chi connectivity index (χ2v) is 4.63. The van der Waals surface area contributed by atoms with E-state index in [9.17, 15) is 4.79 Å². The van der Waals surface area contributed by atoms with Crippen molar-refractivity contribution in [1.29, 1.82) is 0 Å². The Balaban J connectivity index is 2.98. The van der Waals surface area contributed by atoms with Crippen LogP contribution in [0.4, 0.5) is 0 Å². The molecule has 1 rings (SSSR count). The second-order valence-electron chi connectivity index (χ2n) is 4.63. The molecule has 0 amide bonds. The van der Waals surface area contributed by atoms with Gasteiger partial charge in [0.05, 0.1) is 6.61 Å². The SMILES string of the molecule is CCCCc1noc(C(CC)(CC)C(=O)OCC)n1. The van der Waals surface area contributed by atoms with Gasteiger partial charge in [-0.2, -0.15) is 4.98 Å². The number of esters is 1. The van der Waals surface area contributed by atoms with Crippen LogP contribution in [0.2, 0.25) is 0 Å². The van der Waals surface area contributed by atoms with Crippen LogP contribution in [0.5, 0.6) is 0 Å². The minimum Gasteiger partial charge on any atom is -0.465 e. The molecule has 0 bridgehead atoms. The number of aromatic nitrogens is 2. The fourth-order valence-corrected chi connectivity index (χ4v) is 2.08. The molecule has 0 aromatic carbocycles. The molecule has 0 aliphatic heterocycles. The summed E-state index contributed by atoms with van der Waals surface area (Å²) in [6.07, 6.45) is 4.07. The van der Waals surface area contributed by atoms with Crippen LogP contribution in [-0.4, -0.2) is 22.7 Å². The van der Waals surface area contributed by atoms with Crippen molar-refractivity contribution in [2.24, 2.45) is 0 Å². The first-order chi connectivity index (χ1) is 9.14. The van der Waals surface area contributed by atoms with Gasteiger partial charge in [0.2, 0.25) is 5.89 Å². The second kappa shape index (κ2) is 7.26. The molecule has 0 spiro atoms. The molecular weight excluding hydrogens is 244 g/mol. The molecule has 0 unspecified atom stereocenters. The average Bonchev–Trinajstić information content (AvgIpc) is 2.88. The minimum atomic E-state index is -0.798. The maximum absolute atomic E-state index is 12.2. The molecule has 0 saturated carbocycles. The van der Waals surface area contributed by atoms with E-state index in [2.05, 4.69) is 17.1 Å². The lowest BCUT2D eigenvalue weighted by molar-refractivity contribution is -0.151. The fraction of sp³-hybridized carbons (Fsp3) is 0.786. The molecule has 0 radical (unpaired) electrons. The molecule has 5 heteroatoms. The predicted molar refractivity (Wildman–Crippen MR) is 71.8 cm³/mol. The van der Waals surface area contributed by atoms with Gasteiger partial charge in [0.1, 0.15) is 5.41 Å². The first-order valence-electron chi connectivity index (χ1n) is 7.14. The van der Waals surface area contributed by atoms with Crippen molar-refractivity contribution in [2.75, 3.05) is 6.61 Å². The van der Waals surface area contributed by atoms with E-state index in [4.69, 9.17) is 9.26 Å². The third kappa shape index (κ3) is 3.33. The summed E-state index contributed by atoms with van der Waals surface area (Å²) in [7, 11) is 0. The van der Waals surface area contributed by atoms with Crippen LogP contribution in [0, 0.1) is 0 Å². The Labute approximate surface area is 114 Å². The topological polar surface area (TPSA) is 65.2 Å². The number of ether oxygens (including phenoxy) is 1. The van der Waals surface area contributed by atoms with E-state index in [1.54, 1.807) is 6.92 Å². The van der Waals surface area contributed by atoms with Gasteiger partial charge < -0.3 is 9.26 Å². The number of unbranched alkanes of at least 4 members (excludes halogenated alkanes) is 1. The summed E-state index contributed by atoms with van der Waals surface area (Å²) in [5, 5.41) is 3.96. The monoisotopic (exact) mass is 268 g/mol. The van der Waals surface area contributed by atoms with Crippen LogP contribution in [0.25, 0.3) is 0 Å². The zero-order valence-electron chi connectivity index (χ0n) is 12.4. The van der Waals surface area contributed by atoms with E-state index in [0.717, 1.165) is 19.3 Å². The third-order valence-corrected chi connectivity index (χ3v) is 3.50. The molecule has 19 heavy (non-hydrogen) atoms. The highest BCUT2D eigenvalue weighted by atomic mass is 16.5. The lowest BCUT2D eigenvalue weighted by Crippen LogP contribution is -2.36. The van der Waals surface area contributed by atoms with Gasteiger partial charge in [-0.05, 0) is 26.2 Å². The van der Waals surface area contributed by atoms with Crippen molar-refractivity contribution < 1.29 is 14.1 Å². The third-order valence-electron chi connectivity index (χ3n) is 3.50. The molecule has 0 aliphatic rings. The Morgan fingerprint density at radius 1 is 1.26 bits per heavy atom. The average molecular weight is 268 g/mol. The van der Waals surface area contributed by atoms with Crippen LogP contribution in [0.1, 0.15) is 65.1 Å². The van der Waals surface area contributed by atoms with Crippen LogP contribution >= 0.6 is 0 Å². The molecule has 0 atom stereocenters. The number of carbonyl (C=O) groups is 1. The molecule has 0 fully saturated rings. The van der Waals surface area contributed by atoms with Gasteiger partial charge in [-0.15, -0.1) is 0 Å². The Hall–Kier alpha value is -1.39. The van der Waals surface area contributed by atoms with Gasteiger partial charge in [-0.25, -0.2) is 0 Å². The van der Waals surface area contributed by atoms with E-state index < -0.39 is 5.41 Å². The van der Waals surface area contributed by atoms with Crippen LogP contribution in [-0.2, 0) is 21.4 Å². The molecule has 0 saturated heterocycles. The number of rotatable bonds is 8. The molecular formula is C14H24N2O3. The van der Waals surface area contributed by atoms with E-state index in [1.807, 2.05) is 13.8 Å². The van der Waals surface area contributed by atoms with Gasteiger partial charge in [0.25, 0.3) is 0 Å². The molecule has 1 aromatic rings. The van der Waals surface area contributed by atoms with Crippen LogP contribution < -0.4 is 0 Å². The minimum absolute atomic E-state index is 0.273. The maximum Gasteiger partial charge on any atom is 0.321 e. The summed E-state index contributed by atoms with van der Waals surface area (Å²) in [6.45, 7) is 8.15. The highest BCUT2D eigenvalue weighted by Crippen LogP contribution is 2.32. The zero-order valence-corrected chi connectivity index (χ0v) is 12.4. The molecule has 1 heterocycles. The van der Waals surface area contributed by atoms with Gasteiger partial charge in [-0.3, -0.25) is 4.79 Å². The fourth-order valence-electron chi connectivity index (χ4n) is 2.08. The van der Waals surface area contributed by atoms with E-state index >= 15 is 0 Å². The molecule has 0 aliphatic carbocycles.